The number of ether oxygens (including phenoxy) is 2. The molecule has 128 valence electrons. The predicted octanol–water partition coefficient (Wildman–Crippen LogP) is 4.47. The number of alkyl halides is 3. The van der Waals surface area contributed by atoms with Gasteiger partial charge in [0, 0.05) is 18.0 Å². The minimum atomic E-state index is -4.61. The average Bonchev–Trinajstić information content (AvgIpc) is 2.52. The molecular formula is C15H13ClF3N3O2. The molecule has 0 aliphatic heterocycles. The van der Waals surface area contributed by atoms with Crippen molar-refractivity contribution < 1.29 is 22.6 Å². The first kappa shape index (κ1) is 17.9. The van der Waals surface area contributed by atoms with Crippen LogP contribution in [0.1, 0.15) is 5.56 Å². The number of hydrogen-bond donors (Lipinski definition) is 1. The summed E-state index contributed by atoms with van der Waals surface area (Å²) in [5.41, 5.74) is -0.603. The third-order valence-corrected chi connectivity index (χ3v) is 3.11. The Kier molecular flexibility index (Phi) is 5.50. The summed E-state index contributed by atoms with van der Waals surface area (Å²) in [6.45, 7) is 3.86. The number of benzene rings is 1. The Morgan fingerprint density at radius 2 is 2.08 bits per heavy atom. The molecule has 0 radical (unpaired) electrons. The molecule has 2 aromatic rings. The van der Waals surface area contributed by atoms with Crippen molar-refractivity contribution in [3.8, 4) is 11.5 Å². The van der Waals surface area contributed by atoms with Crippen LogP contribution >= 0.6 is 11.6 Å². The maximum atomic E-state index is 12.6. The van der Waals surface area contributed by atoms with Crippen LogP contribution in [0, 0.1) is 0 Å². The zero-order valence-corrected chi connectivity index (χ0v) is 13.3. The van der Waals surface area contributed by atoms with Crippen LogP contribution in [0.15, 0.2) is 37.1 Å². The summed E-state index contributed by atoms with van der Waals surface area (Å²) in [7, 11) is 1.46. The lowest BCUT2D eigenvalue weighted by molar-refractivity contribution is -0.137. The maximum absolute atomic E-state index is 12.6. The second-order valence-corrected chi connectivity index (χ2v) is 4.84. The molecule has 0 amide bonds. The minimum Gasteiger partial charge on any atom is -0.493 e. The van der Waals surface area contributed by atoms with E-state index in [1.54, 1.807) is 24.3 Å². The summed E-state index contributed by atoms with van der Waals surface area (Å²) in [6, 6.07) is 4.86. The highest BCUT2D eigenvalue weighted by Crippen LogP contribution is 2.34. The molecular weight excluding hydrogens is 347 g/mol. The van der Waals surface area contributed by atoms with Crippen LogP contribution in [-0.2, 0) is 6.18 Å². The molecule has 1 aromatic carbocycles. The molecule has 1 heterocycles. The number of nitrogens with zero attached hydrogens (tertiary/aromatic N) is 2. The van der Waals surface area contributed by atoms with E-state index in [9.17, 15) is 13.2 Å². The molecule has 0 saturated carbocycles. The number of rotatable bonds is 6. The van der Waals surface area contributed by atoms with E-state index in [0.717, 1.165) is 0 Å². The largest absolute Gasteiger partial charge is 0.493 e. The van der Waals surface area contributed by atoms with Gasteiger partial charge in [-0.15, -0.1) is 0 Å². The SMILES string of the molecule is C=CCOc1ccc(Nc2ncc(C(F)(F)F)c(Cl)n2)cc1OC. The minimum absolute atomic E-state index is 0.0742. The van der Waals surface area contributed by atoms with Gasteiger partial charge in [-0.25, -0.2) is 9.97 Å². The van der Waals surface area contributed by atoms with Gasteiger partial charge in [0.1, 0.15) is 17.3 Å². The van der Waals surface area contributed by atoms with Gasteiger partial charge in [-0.05, 0) is 12.1 Å². The number of halogens is 4. The van der Waals surface area contributed by atoms with E-state index in [1.165, 1.54) is 7.11 Å². The van der Waals surface area contributed by atoms with Gasteiger partial charge in [-0.2, -0.15) is 13.2 Å². The lowest BCUT2D eigenvalue weighted by atomic mass is 10.2. The Balaban J connectivity index is 2.22. The quantitative estimate of drug-likeness (QED) is 0.609. The lowest BCUT2D eigenvalue weighted by Crippen LogP contribution is -2.09. The van der Waals surface area contributed by atoms with Crippen molar-refractivity contribution in [3.63, 3.8) is 0 Å². The van der Waals surface area contributed by atoms with Gasteiger partial charge in [0.15, 0.2) is 11.5 Å². The highest BCUT2D eigenvalue weighted by Gasteiger charge is 2.34. The first-order chi connectivity index (χ1) is 11.3. The Bertz CT molecular complexity index is 738. The van der Waals surface area contributed by atoms with Crippen LogP contribution in [-0.4, -0.2) is 23.7 Å². The Morgan fingerprint density at radius 3 is 2.67 bits per heavy atom. The van der Waals surface area contributed by atoms with E-state index in [-0.39, 0.29) is 5.95 Å². The second kappa shape index (κ2) is 7.39. The smallest absolute Gasteiger partial charge is 0.420 e. The van der Waals surface area contributed by atoms with Gasteiger partial charge in [0.25, 0.3) is 0 Å². The highest BCUT2D eigenvalue weighted by atomic mass is 35.5. The molecule has 0 fully saturated rings. The van der Waals surface area contributed by atoms with E-state index >= 15 is 0 Å². The van der Waals surface area contributed by atoms with Crippen molar-refractivity contribution in [2.24, 2.45) is 0 Å². The first-order valence-corrected chi connectivity index (χ1v) is 7.01. The third-order valence-electron chi connectivity index (χ3n) is 2.82. The summed E-state index contributed by atoms with van der Waals surface area (Å²) >= 11 is 5.56. The molecule has 0 unspecified atom stereocenters. The normalized spacial score (nSPS) is 11.0. The summed E-state index contributed by atoms with van der Waals surface area (Å²) in [5.74, 6) is 0.851. The number of nitrogens with one attached hydrogen (secondary N) is 1. The Hall–Kier alpha value is -2.48. The molecule has 1 aromatic heterocycles. The first-order valence-electron chi connectivity index (χ1n) is 6.63. The molecule has 5 nitrogen and oxygen atoms in total. The zero-order chi connectivity index (χ0) is 17.7. The van der Waals surface area contributed by atoms with Crippen molar-refractivity contribution in [2.45, 2.75) is 6.18 Å². The van der Waals surface area contributed by atoms with E-state index < -0.39 is 16.9 Å². The van der Waals surface area contributed by atoms with Crippen molar-refractivity contribution in [1.29, 1.82) is 0 Å². The van der Waals surface area contributed by atoms with Crippen LogP contribution < -0.4 is 14.8 Å². The van der Waals surface area contributed by atoms with Crippen molar-refractivity contribution in [2.75, 3.05) is 19.0 Å². The Labute approximate surface area is 141 Å². The van der Waals surface area contributed by atoms with Crippen molar-refractivity contribution >= 4 is 23.2 Å². The molecule has 0 aliphatic rings. The van der Waals surface area contributed by atoms with Crippen molar-refractivity contribution in [3.05, 3.63) is 47.8 Å². The number of anilines is 2. The van der Waals surface area contributed by atoms with E-state index in [1.807, 2.05) is 0 Å². The topological polar surface area (TPSA) is 56.3 Å². The molecule has 9 heteroatoms. The molecule has 1 N–H and O–H groups in total. The summed E-state index contributed by atoms with van der Waals surface area (Å²) in [4.78, 5) is 7.22. The van der Waals surface area contributed by atoms with E-state index in [2.05, 4.69) is 21.9 Å². The lowest BCUT2D eigenvalue weighted by Gasteiger charge is -2.12. The van der Waals surface area contributed by atoms with Gasteiger partial charge in [0.05, 0.1) is 7.11 Å². The number of methoxy groups -OCH3 is 1. The summed E-state index contributed by atoms with van der Waals surface area (Å²) in [6.07, 6.45) is -2.40. The standard InChI is InChI=1S/C15H13ClF3N3O2/c1-3-6-24-11-5-4-9(7-12(11)23-2)21-14-20-8-10(13(16)22-14)15(17,18)19/h3-5,7-8H,1,6H2,2H3,(H,20,21,22). The maximum Gasteiger partial charge on any atom is 0.420 e. The fourth-order valence-corrected chi connectivity index (χ4v) is 1.99. The van der Waals surface area contributed by atoms with Gasteiger partial charge < -0.3 is 14.8 Å². The fraction of sp³-hybridized carbons (Fsp3) is 0.200. The zero-order valence-electron chi connectivity index (χ0n) is 12.5. The van der Waals surface area contributed by atoms with Gasteiger partial charge in [-0.3, -0.25) is 0 Å². The molecule has 0 aliphatic carbocycles. The predicted molar refractivity (Wildman–Crippen MR) is 84.0 cm³/mol. The van der Waals surface area contributed by atoms with Crippen LogP contribution in [0.25, 0.3) is 0 Å². The summed E-state index contributed by atoms with van der Waals surface area (Å²) in [5, 5.41) is 2.07. The van der Waals surface area contributed by atoms with Crippen LogP contribution in [0.3, 0.4) is 0 Å². The monoisotopic (exact) mass is 359 g/mol. The molecule has 24 heavy (non-hydrogen) atoms. The van der Waals surface area contributed by atoms with Crippen LogP contribution in [0.5, 0.6) is 11.5 Å². The fourth-order valence-electron chi connectivity index (χ4n) is 1.75. The Morgan fingerprint density at radius 1 is 1.33 bits per heavy atom. The molecule has 0 spiro atoms. The van der Waals surface area contributed by atoms with Gasteiger partial charge in [-0.1, -0.05) is 24.3 Å². The number of aromatic nitrogens is 2. The van der Waals surface area contributed by atoms with E-state index in [4.69, 9.17) is 21.1 Å². The van der Waals surface area contributed by atoms with E-state index in [0.29, 0.717) is 30.0 Å². The second-order valence-electron chi connectivity index (χ2n) is 4.49. The third kappa shape index (κ3) is 4.29. The van der Waals surface area contributed by atoms with Crippen molar-refractivity contribution in [1.82, 2.24) is 9.97 Å². The highest BCUT2D eigenvalue weighted by molar-refractivity contribution is 6.30. The molecule has 2 rings (SSSR count). The molecule has 0 bridgehead atoms. The summed E-state index contributed by atoms with van der Waals surface area (Å²) < 4.78 is 48.5. The molecule has 0 atom stereocenters. The van der Waals surface area contributed by atoms with Gasteiger partial charge in [0.2, 0.25) is 5.95 Å². The van der Waals surface area contributed by atoms with Gasteiger partial charge >= 0.3 is 6.18 Å². The van der Waals surface area contributed by atoms with Crippen LogP contribution in [0.4, 0.5) is 24.8 Å². The molecule has 0 saturated heterocycles. The average molecular weight is 360 g/mol. The van der Waals surface area contributed by atoms with Crippen LogP contribution in [0.2, 0.25) is 5.15 Å². The number of hydrogen-bond acceptors (Lipinski definition) is 5.